The summed E-state index contributed by atoms with van der Waals surface area (Å²) < 4.78 is 11.7. The van der Waals surface area contributed by atoms with Crippen LogP contribution in [0.4, 0.5) is 0 Å². The Hall–Kier alpha value is -0.570. The number of Topliss-reactive ketones (excluding diaryl/α,β-unsaturated/α-hetero) is 1. The zero-order valence-corrected chi connectivity index (χ0v) is 16.4. The van der Waals surface area contributed by atoms with Gasteiger partial charge in [-0.2, -0.15) is 0 Å². The second-order valence-electron chi connectivity index (χ2n) is 11.0. The second kappa shape index (κ2) is 4.84. The van der Waals surface area contributed by atoms with Gasteiger partial charge in [0.1, 0.15) is 5.41 Å². The van der Waals surface area contributed by atoms with Crippen LogP contribution >= 0.6 is 0 Å². The molecule has 7 nitrogen and oxygen atoms in total. The molecule has 0 aromatic heterocycles. The molecule has 0 aromatic rings. The van der Waals surface area contributed by atoms with Crippen LogP contribution in [0.15, 0.2) is 0 Å². The van der Waals surface area contributed by atoms with E-state index in [0.29, 0.717) is 19.3 Å². The van der Waals surface area contributed by atoms with E-state index in [2.05, 4.69) is 13.8 Å². The minimum atomic E-state index is -1.94. The predicted molar refractivity (Wildman–Crippen MR) is 94.8 cm³/mol. The third kappa shape index (κ3) is 1.57. The first-order chi connectivity index (χ1) is 13.1. The summed E-state index contributed by atoms with van der Waals surface area (Å²) in [7, 11) is 0. The molecule has 4 aliphatic carbocycles. The van der Waals surface area contributed by atoms with Crippen molar-refractivity contribution in [3.05, 3.63) is 0 Å². The van der Waals surface area contributed by atoms with E-state index in [0.717, 1.165) is 6.42 Å². The molecule has 3 aliphatic heterocycles. The van der Waals surface area contributed by atoms with E-state index >= 15 is 0 Å². The lowest BCUT2D eigenvalue weighted by molar-refractivity contribution is -0.364. The molecule has 3 spiro atoms. The molecule has 28 heavy (non-hydrogen) atoms. The molecule has 0 aromatic carbocycles. The normalized spacial score (nSPS) is 63.7. The molecular weight excluding hydrogens is 364 g/mol. The van der Waals surface area contributed by atoms with E-state index in [1.807, 2.05) is 0 Å². The summed E-state index contributed by atoms with van der Waals surface area (Å²) in [6.07, 6.45) is -0.357. The number of fused-ring (bicyclic) bond motifs is 4. The smallest absolute Gasteiger partial charge is 0.183 e. The predicted octanol–water partition coefficient (Wildman–Crippen LogP) is -0.0215. The average Bonchev–Trinajstić information content (AvgIpc) is 3.42. The minimum Gasteiger partial charge on any atom is -0.393 e. The number of hydrogen-bond acceptors (Lipinski definition) is 7. The highest BCUT2D eigenvalue weighted by atomic mass is 16.6. The highest BCUT2D eigenvalue weighted by molar-refractivity contribution is 6.00. The number of aliphatic hydroxyl groups excluding tert-OH is 3. The van der Waals surface area contributed by atoms with Crippen LogP contribution in [0.1, 0.15) is 46.0 Å². The van der Waals surface area contributed by atoms with E-state index in [1.165, 1.54) is 0 Å². The Bertz CT molecular complexity index is 762. The fourth-order valence-corrected chi connectivity index (χ4v) is 8.83. The first-order valence-electron chi connectivity index (χ1n) is 10.7. The van der Waals surface area contributed by atoms with E-state index < -0.39 is 46.4 Å². The molecule has 4 saturated carbocycles. The fourth-order valence-electron chi connectivity index (χ4n) is 8.83. The minimum absolute atomic E-state index is 0.0980. The number of hydrogen-bond donors (Lipinski definition) is 4. The fraction of sp³-hybridized carbons (Fsp3) is 0.952. The Labute approximate surface area is 164 Å². The van der Waals surface area contributed by atoms with Crippen molar-refractivity contribution in [1.29, 1.82) is 0 Å². The van der Waals surface area contributed by atoms with Crippen molar-refractivity contribution >= 4 is 5.78 Å². The van der Waals surface area contributed by atoms with Gasteiger partial charge in [0.2, 0.25) is 0 Å². The van der Waals surface area contributed by atoms with Gasteiger partial charge in [-0.05, 0) is 37.0 Å². The summed E-state index contributed by atoms with van der Waals surface area (Å²) >= 11 is 0. The number of rotatable bonds is 0. The summed E-state index contributed by atoms with van der Waals surface area (Å²) in [6, 6.07) is 0. The van der Waals surface area contributed by atoms with Crippen molar-refractivity contribution in [1.82, 2.24) is 0 Å². The van der Waals surface area contributed by atoms with Crippen LogP contribution in [0.25, 0.3) is 0 Å². The number of carbonyl (C=O) groups is 1. The lowest BCUT2D eigenvalue weighted by Gasteiger charge is -2.65. The van der Waals surface area contributed by atoms with Crippen LogP contribution in [0.5, 0.6) is 0 Å². The Morgan fingerprint density at radius 2 is 1.75 bits per heavy atom. The van der Waals surface area contributed by atoms with Crippen LogP contribution in [0.3, 0.4) is 0 Å². The van der Waals surface area contributed by atoms with E-state index in [-0.39, 0.29) is 42.7 Å². The standard InChI is InChI=1S/C21H30O7/c1-17(2)6-5-13(23)18-8-28-20(26,7-11(22)14(17)18)21-12(18)4-3-10(15(21)24)19(9-27-19)16(21)25/h10-15,22-24,26H,3-9H2,1-2H3/t10-,11+,12+,13+,14+,15-,18?,19+,20+,21-/m1/s1. The van der Waals surface area contributed by atoms with Gasteiger partial charge in [-0.3, -0.25) is 4.79 Å². The summed E-state index contributed by atoms with van der Waals surface area (Å²) in [6.45, 7) is 4.55. The van der Waals surface area contributed by atoms with Gasteiger partial charge in [0.05, 0.1) is 31.5 Å². The zero-order valence-electron chi connectivity index (χ0n) is 16.4. The highest BCUT2D eigenvalue weighted by Crippen LogP contribution is 2.76. The second-order valence-corrected chi connectivity index (χ2v) is 11.0. The number of carbonyl (C=O) groups excluding carboxylic acids is 1. The maximum absolute atomic E-state index is 13.8. The van der Waals surface area contributed by atoms with Crippen LogP contribution in [-0.4, -0.2) is 69.1 Å². The number of aliphatic hydroxyl groups is 4. The number of ether oxygens (including phenoxy) is 2. The average molecular weight is 394 g/mol. The molecule has 3 heterocycles. The van der Waals surface area contributed by atoms with Crippen LogP contribution < -0.4 is 0 Å². The van der Waals surface area contributed by atoms with Gasteiger partial charge in [0, 0.05) is 23.7 Å². The Balaban J connectivity index is 1.64. The molecule has 0 radical (unpaired) electrons. The van der Waals surface area contributed by atoms with Gasteiger partial charge in [0.15, 0.2) is 17.2 Å². The van der Waals surface area contributed by atoms with E-state index in [9.17, 15) is 25.2 Å². The SMILES string of the molecule is CC1(C)CC[C@H](O)C23CO[C@@](O)(C[C@H](O)[C@@H]12)[C@]12C(=O)[C@]4(CO4)[C@H](CC[C@@H]31)[C@H]2O. The maximum Gasteiger partial charge on any atom is 0.183 e. The lowest BCUT2D eigenvalue weighted by Crippen LogP contribution is -2.73. The number of epoxide rings is 1. The molecule has 7 aliphatic rings. The molecular formula is C21H30O7. The van der Waals surface area contributed by atoms with Crippen molar-refractivity contribution in [2.45, 2.75) is 75.7 Å². The van der Waals surface area contributed by atoms with Crippen LogP contribution in [0.2, 0.25) is 0 Å². The summed E-state index contributed by atoms with van der Waals surface area (Å²) in [5, 5.41) is 45.8. The van der Waals surface area contributed by atoms with Gasteiger partial charge >= 0.3 is 0 Å². The number of ketones is 1. The topological polar surface area (TPSA) is 120 Å². The third-order valence-corrected chi connectivity index (χ3v) is 9.81. The highest BCUT2D eigenvalue weighted by Gasteiger charge is 2.88. The van der Waals surface area contributed by atoms with Gasteiger partial charge in [-0.15, -0.1) is 0 Å². The summed E-state index contributed by atoms with van der Waals surface area (Å²) in [4.78, 5) is 13.8. The molecule has 7 heteroatoms. The maximum atomic E-state index is 13.8. The van der Waals surface area contributed by atoms with E-state index in [1.54, 1.807) is 0 Å². The molecule has 7 rings (SSSR count). The monoisotopic (exact) mass is 394 g/mol. The molecule has 10 atom stereocenters. The Morgan fingerprint density at radius 1 is 1.04 bits per heavy atom. The van der Waals surface area contributed by atoms with Crippen molar-refractivity contribution < 1.29 is 34.7 Å². The lowest BCUT2D eigenvalue weighted by atomic mass is 9.43. The van der Waals surface area contributed by atoms with Crippen molar-refractivity contribution in [3.8, 4) is 0 Å². The van der Waals surface area contributed by atoms with Crippen molar-refractivity contribution in [2.75, 3.05) is 13.2 Å². The van der Waals surface area contributed by atoms with Crippen molar-refractivity contribution in [3.63, 3.8) is 0 Å². The van der Waals surface area contributed by atoms with Gasteiger partial charge in [-0.1, -0.05) is 13.8 Å². The van der Waals surface area contributed by atoms with Crippen molar-refractivity contribution in [2.24, 2.45) is 34.0 Å². The molecule has 4 N–H and O–H groups in total. The molecule has 0 amide bonds. The molecule has 156 valence electrons. The zero-order chi connectivity index (χ0) is 19.9. The summed E-state index contributed by atoms with van der Waals surface area (Å²) in [5.41, 5.74) is -3.72. The van der Waals surface area contributed by atoms with E-state index in [4.69, 9.17) is 9.47 Å². The quantitative estimate of drug-likeness (QED) is 0.426. The molecule has 7 fully saturated rings. The Kier molecular flexibility index (Phi) is 3.15. The largest absolute Gasteiger partial charge is 0.393 e. The van der Waals surface area contributed by atoms with Crippen LogP contribution in [0, 0.1) is 34.0 Å². The molecule has 1 unspecified atom stereocenters. The third-order valence-electron chi connectivity index (χ3n) is 9.81. The Morgan fingerprint density at radius 3 is 2.43 bits per heavy atom. The van der Waals surface area contributed by atoms with Gasteiger partial charge in [0.25, 0.3) is 0 Å². The van der Waals surface area contributed by atoms with Gasteiger partial charge < -0.3 is 29.9 Å². The first-order valence-corrected chi connectivity index (χ1v) is 10.7. The summed E-state index contributed by atoms with van der Waals surface area (Å²) in [5.74, 6) is -3.35. The van der Waals surface area contributed by atoms with Crippen LogP contribution in [-0.2, 0) is 14.3 Å². The van der Waals surface area contributed by atoms with Gasteiger partial charge in [-0.25, -0.2) is 0 Å². The first kappa shape index (κ1) is 18.2. The molecule has 4 bridgehead atoms. The molecule has 3 saturated heterocycles.